The van der Waals surface area contributed by atoms with Crippen molar-refractivity contribution in [2.24, 2.45) is 11.8 Å². The number of hydrogen-bond acceptors (Lipinski definition) is 4. The number of nitrogens with one attached hydrogen (secondary N) is 1. The van der Waals surface area contributed by atoms with Crippen molar-refractivity contribution < 1.29 is 4.79 Å². The van der Waals surface area contributed by atoms with Crippen LogP contribution in [0.25, 0.3) is 0 Å². The molecule has 2 aliphatic rings. The van der Waals surface area contributed by atoms with E-state index in [0.717, 1.165) is 44.0 Å². The topological polar surface area (TPSA) is 63.1 Å². The van der Waals surface area contributed by atoms with Crippen molar-refractivity contribution in [2.45, 2.75) is 39.9 Å². The highest BCUT2D eigenvalue weighted by molar-refractivity contribution is 5.90. The van der Waals surface area contributed by atoms with Gasteiger partial charge >= 0.3 is 0 Å². The number of benzene rings is 2. The van der Waals surface area contributed by atoms with Gasteiger partial charge in [0.15, 0.2) is 0 Å². The fraction of sp³-hybridized carbons (Fsp3) is 0.400. The van der Waals surface area contributed by atoms with Gasteiger partial charge in [-0.15, -0.1) is 10.2 Å². The van der Waals surface area contributed by atoms with E-state index in [1.165, 1.54) is 16.7 Å². The first-order valence-corrected chi connectivity index (χ1v) is 11.1. The monoisotopic (exact) mass is 415 g/mol. The fourth-order valence-electron chi connectivity index (χ4n) is 5.19. The molecule has 3 heterocycles. The summed E-state index contributed by atoms with van der Waals surface area (Å²) in [6, 6.07) is 16.7. The first-order valence-electron chi connectivity index (χ1n) is 11.1. The first kappa shape index (κ1) is 19.9. The predicted octanol–water partition coefficient (Wildman–Crippen LogP) is 3.13. The number of aryl methyl sites for hydroxylation is 2. The smallest absolute Gasteiger partial charge is 0.289 e. The van der Waals surface area contributed by atoms with E-state index >= 15 is 0 Å². The maximum Gasteiger partial charge on any atom is 0.289 e. The number of amides is 1. The number of carbonyl (C=O) groups is 1. The number of hydrogen-bond donors (Lipinski definition) is 1. The molecule has 0 saturated carbocycles. The molecule has 160 valence electrons. The fourth-order valence-corrected chi connectivity index (χ4v) is 5.19. The van der Waals surface area contributed by atoms with Crippen molar-refractivity contribution in [1.82, 2.24) is 25.0 Å². The maximum atomic E-state index is 12.8. The molecule has 0 aliphatic carbocycles. The third-order valence-electron chi connectivity index (χ3n) is 6.53. The normalized spacial score (nSPS) is 20.3. The van der Waals surface area contributed by atoms with E-state index in [0.29, 0.717) is 24.2 Å². The molecule has 5 rings (SSSR count). The molecule has 0 radical (unpaired) electrons. The van der Waals surface area contributed by atoms with Crippen LogP contribution in [0.2, 0.25) is 0 Å². The van der Waals surface area contributed by atoms with Gasteiger partial charge in [-0.25, -0.2) is 0 Å². The molecule has 2 aromatic carbocycles. The Morgan fingerprint density at radius 3 is 2.48 bits per heavy atom. The van der Waals surface area contributed by atoms with Crippen LogP contribution in [-0.2, 0) is 26.1 Å². The summed E-state index contributed by atoms with van der Waals surface area (Å²) in [6.45, 7) is 8.77. The first-order chi connectivity index (χ1) is 15.0. The molecule has 1 N–H and O–H groups in total. The van der Waals surface area contributed by atoms with Gasteiger partial charge in [0.2, 0.25) is 5.82 Å². The molecule has 1 saturated heterocycles. The Kier molecular flexibility index (Phi) is 5.32. The Hall–Kier alpha value is -2.99. The molecule has 3 aromatic rings. The van der Waals surface area contributed by atoms with Gasteiger partial charge in [-0.3, -0.25) is 9.69 Å². The van der Waals surface area contributed by atoms with E-state index in [1.807, 2.05) is 34.9 Å². The lowest BCUT2D eigenvalue weighted by atomic mass is 9.89. The average molecular weight is 416 g/mol. The van der Waals surface area contributed by atoms with Gasteiger partial charge in [-0.2, -0.15) is 0 Å². The number of carbonyl (C=O) groups excluding carboxylic acids is 1. The molecule has 0 bridgehead atoms. The minimum atomic E-state index is -0.147. The van der Waals surface area contributed by atoms with E-state index in [2.05, 4.69) is 52.5 Å². The van der Waals surface area contributed by atoms with Gasteiger partial charge < -0.3 is 9.88 Å². The van der Waals surface area contributed by atoms with Crippen molar-refractivity contribution in [1.29, 1.82) is 0 Å². The molecular formula is C25H29N5O. The van der Waals surface area contributed by atoms with Crippen LogP contribution in [0.15, 0.2) is 48.5 Å². The number of likely N-dealkylation sites (tertiary alicyclic amines) is 1. The summed E-state index contributed by atoms with van der Waals surface area (Å²) in [5.41, 5.74) is 5.11. The molecule has 6 heteroatoms. The summed E-state index contributed by atoms with van der Waals surface area (Å²) >= 11 is 0. The molecule has 1 aromatic heterocycles. The third-order valence-corrected chi connectivity index (χ3v) is 6.53. The van der Waals surface area contributed by atoms with Crippen LogP contribution in [0.3, 0.4) is 0 Å². The van der Waals surface area contributed by atoms with Gasteiger partial charge in [0.05, 0.1) is 0 Å². The molecule has 2 aliphatic heterocycles. The zero-order chi connectivity index (χ0) is 21.4. The highest BCUT2D eigenvalue weighted by atomic mass is 16.2. The highest BCUT2D eigenvalue weighted by Crippen LogP contribution is 2.33. The van der Waals surface area contributed by atoms with Crippen molar-refractivity contribution in [2.75, 3.05) is 13.1 Å². The summed E-state index contributed by atoms with van der Waals surface area (Å²) in [4.78, 5) is 15.3. The van der Waals surface area contributed by atoms with Crippen molar-refractivity contribution >= 4 is 5.91 Å². The van der Waals surface area contributed by atoms with Gasteiger partial charge in [0.1, 0.15) is 5.82 Å². The lowest BCUT2D eigenvalue weighted by Gasteiger charge is -2.25. The van der Waals surface area contributed by atoms with E-state index < -0.39 is 0 Å². The van der Waals surface area contributed by atoms with Crippen LogP contribution in [-0.4, -0.2) is 38.7 Å². The van der Waals surface area contributed by atoms with Gasteiger partial charge in [-0.1, -0.05) is 59.7 Å². The lowest BCUT2D eigenvalue weighted by Crippen LogP contribution is -2.32. The number of rotatable bonds is 5. The van der Waals surface area contributed by atoms with E-state index in [4.69, 9.17) is 0 Å². The Bertz CT molecular complexity index is 1070. The Labute approximate surface area is 183 Å². The van der Waals surface area contributed by atoms with Crippen molar-refractivity contribution in [3.63, 3.8) is 0 Å². The average Bonchev–Trinajstić information content (AvgIpc) is 3.32. The quantitative estimate of drug-likeness (QED) is 0.695. The molecule has 2 atom stereocenters. The molecule has 6 nitrogen and oxygen atoms in total. The second-order valence-electron chi connectivity index (χ2n) is 9.13. The van der Waals surface area contributed by atoms with Gasteiger partial charge in [-0.05, 0) is 36.8 Å². The van der Waals surface area contributed by atoms with Crippen LogP contribution >= 0.6 is 0 Å². The molecule has 1 fully saturated rings. The van der Waals surface area contributed by atoms with Crippen LogP contribution in [0.1, 0.15) is 38.7 Å². The summed E-state index contributed by atoms with van der Waals surface area (Å²) < 4.78 is 2.04. The Morgan fingerprint density at radius 1 is 0.968 bits per heavy atom. The van der Waals surface area contributed by atoms with E-state index in [1.54, 1.807) is 0 Å². The molecule has 31 heavy (non-hydrogen) atoms. The number of nitrogens with zero attached hydrogens (tertiary/aromatic N) is 4. The summed E-state index contributed by atoms with van der Waals surface area (Å²) in [7, 11) is 0. The zero-order valence-corrected chi connectivity index (χ0v) is 18.2. The molecule has 2 unspecified atom stereocenters. The van der Waals surface area contributed by atoms with Crippen molar-refractivity contribution in [3.8, 4) is 0 Å². The lowest BCUT2D eigenvalue weighted by molar-refractivity contribution is 0.0932. The predicted molar refractivity (Wildman–Crippen MR) is 120 cm³/mol. The number of fused-ring (bicyclic) bond motifs is 2. The molecule has 0 spiro atoms. The zero-order valence-electron chi connectivity index (χ0n) is 18.2. The Morgan fingerprint density at radius 2 is 1.71 bits per heavy atom. The summed E-state index contributed by atoms with van der Waals surface area (Å²) in [5, 5.41) is 11.6. The second-order valence-corrected chi connectivity index (χ2v) is 9.13. The minimum Gasteiger partial charge on any atom is -0.345 e. The van der Waals surface area contributed by atoms with Gasteiger partial charge in [0.25, 0.3) is 5.91 Å². The van der Waals surface area contributed by atoms with Crippen LogP contribution in [0.4, 0.5) is 0 Å². The number of aromatic nitrogens is 3. The maximum absolute atomic E-state index is 12.8. The highest BCUT2D eigenvalue weighted by Gasteiger charge is 2.39. The molecule has 1 amide bonds. The van der Waals surface area contributed by atoms with Crippen molar-refractivity contribution in [3.05, 3.63) is 82.4 Å². The molecular weight excluding hydrogens is 386 g/mol. The minimum absolute atomic E-state index is 0.147. The summed E-state index contributed by atoms with van der Waals surface area (Å²) in [5.74, 6) is 2.36. The van der Waals surface area contributed by atoms with E-state index in [-0.39, 0.29) is 5.91 Å². The van der Waals surface area contributed by atoms with E-state index in [9.17, 15) is 4.79 Å². The SMILES string of the molecule is Cc1cc(C)cc(CN2CC3Cc4nnc(C(=O)NCc5ccccc5)n4CC3C2)c1. The largest absolute Gasteiger partial charge is 0.345 e. The van der Waals surface area contributed by atoms with Gasteiger partial charge in [0, 0.05) is 39.1 Å². The van der Waals surface area contributed by atoms with Crippen LogP contribution in [0, 0.1) is 25.7 Å². The third kappa shape index (κ3) is 4.26. The van der Waals surface area contributed by atoms with Crippen LogP contribution < -0.4 is 5.32 Å². The Balaban J connectivity index is 1.24. The standard InChI is InChI=1S/C25H29N5O/c1-17-8-18(2)10-20(9-17)13-29-14-21-11-23-27-28-24(30(23)16-22(21)15-29)25(31)26-12-19-6-4-3-5-7-19/h3-10,21-22H,11-16H2,1-2H3,(H,26,31). The van der Waals surface area contributed by atoms with Crippen LogP contribution in [0.5, 0.6) is 0 Å². The summed E-state index contributed by atoms with van der Waals surface area (Å²) in [6.07, 6.45) is 0.896. The second kappa shape index (κ2) is 8.27.